The van der Waals surface area contributed by atoms with Gasteiger partial charge in [0.05, 0.1) is 11.4 Å². The second-order valence-electron chi connectivity index (χ2n) is 4.96. The maximum Gasteiger partial charge on any atom is 0.241 e. The minimum Gasteiger partial charge on any atom is -0.363 e. The molecule has 0 aliphatic carbocycles. The molecule has 2 aromatic rings. The van der Waals surface area contributed by atoms with Gasteiger partial charge in [-0.25, -0.2) is 27.5 Å². The molecule has 0 radical (unpaired) electrons. The molecule has 1 aromatic heterocycles. The van der Waals surface area contributed by atoms with E-state index < -0.39 is 15.8 Å². The van der Waals surface area contributed by atoms with Gasteiger partial charge in [0.2, 0.25) is 10.0 Å². The van der Waals surface area contributed by atoms with Gasteiger partial charge in [0.15, 0.2) is 0 Å². The third kappa shape index (κ3) is 3.77. The van der Waals surface area contributed by atoms with Crippen LogP contribution in [0.4, 0.5) is 10.2 Å². The van der Waals surface area contributed by atoms with Gasteiger partial charge in [0.1, 0.15) is 17.5 Å². The fourth-order valence-electron chi connectivity index (χ4n) is 1.82. The van der Waals surface area contributed by atoms with E-state index in [4.69, 9.17) is 0 Å². The van der Waals surface area contributed by atoms with Gasteiger partial charge in [0, 0.05) is 20.3 Å². The summed E-state index contributed by atoms with van der Waals surface area (Å²) in [4.78, 5) is 9.94. The van der Waals surface area contributed by atoms with Crippen LogP contribution in [0.1, 0.15) is 11.4 Å². The van der Waals surface area contributed by atoms with Crippen LogP contribution in [0.5, 0.6) is 0 Å². The van der Waals surface area contributed by atoms with Crippen molar-refractivity contribution < 1.29 is 12.8 Å². The molecule has 0 amide bonds. The van der Waals surface area contributed by atoms with Gasteiger partial charge < -0.3 is 4.90 Å². The summed E-state index contributed by atoms with van der Waals surface area (Å²) in [5.41, 5.74) is 0.469. The van der Waals surface area contributed by atoms with E-state index in [9.17, 15) is 12.8 Å². The van der Waals surface area contributed by atoms with Crippen LogP contribution in [-0.4, -0.2) is 32.5 Å². The molecule has 0 saturated heterocycles. The van der Waals surface area contributed by atoms with Crippen LogP contribution in [0.25, 0.3) is 0 Å². The summed E-state index contributed by atoms with van der Waals surface area (Å²) in [7, 11) is -0.177. The van der Waals surface area contributed by atoms with Gasteiger partial charge in [-0.1, -0.05) is 6.07 Å². The second kappa shape index (κ2) is 6.37. The zero-order valence-corrected chi connectivity index (χ0v) is 13.4. The molecule has 0 bridgehead atoms. The number of nitrogens with one attached hydrogen (secondary N) is 1. The van der Waals surface area contributed by atoms with Crippen molar-refractivity contribution in [3.05, 3.63) is 47.7 Å². The van der Waals surface area contributed by atoms with Crippen LogP contribution < -0.4 is 9.62 Å². The first kappa shape index (κ1) is 16.3. The SMILES string of the molecule is Cc1ccc(F)cc1S(=O)(=O)NCc1nccc(N(C)C)n1. The van der Waals surface area contributed by atoms with E-state index in [0.717, 1.165) is 6.07 Å². The number of anilines is 1. The van der Waals surface area contributed by atoms with Gasteiger partial charge >= 0.3 is 0 Å². The number of aryl methyl sites for hydroxylation is 1. The molecule has 118 valence electrons. The Morgan fingerprint density at radius 2 is 2.00 bits per heavy atom. The van der Waals surface area contributed by atoms with Gasteiger partial charge in [-0.3, -0.25) is 0 Å². The second-order valence-corrected chi connectivity index (χ2v) is 6.70. The van der Waals surface area contributed by atoms with Crippen molar-refractivity contribution in [1.82, 2.24) is 14.7 Å². The lowest BCUT2D eigenvalue weighted by Gasteiger charge is -2.12. The van der Waals surface area contributed by atoms with Gasteiger partial charge in [0.25, 0.3) is 0 Å². The van der Waals surface area contributed by atoms with E-state index in [0.29, 0.717) is 17.2 Å². The van der Waals surface area contributed by atoms with E-state index in [-0.39, 0.29) is 11.4 Å². The molecule has 0 aliphatic heterocycles. The molecule has 22 heavy (non-hydrogen) atoms. The first-order chi connectivity index (χ1) is 10.3. The summed E-state index contributed by atoms with van der Waals surface area (Å²) in [6, 6.07) is 5.36. The van der Waals surface area contributed by atoms with Crippen molar-refractivity contribution in [1.29, 1.82) is 0 Å². The fraction of sp³-hybridized carbons (Fsp3) is 0.286. The zero-order chi connectivity index (χ0) is 16.3. The molecule has 0 unspecified atom stereocenters. The van der Waals surface area contributed by atoms with E-state index in [1.54, 1.807) is 24.1 Å². The Morgan fingerprint density at radius 3 is 2.68 bits per heavy atom. The predicted molar refractivity (Wildman–Crippen MR) is 81.5 cm³/mol. The highest BCUT2D eigenvalue weighted by Gasteiger charge is 2.18. The van der Waals surface area contributed by atoms with Crippen molar-refractivity contribution in [2.24, 2.45) is 0 Å². The highest BCUT2D eigenvalue weighted by Crippen LogP contribution is 2.16. The minimum atomic E-state index is -3.83. The Bertz CT molecular complexity index is 778. The van der Waals surface area contributed by atoms with Crippen molar-refractivity contribution in [3.63, 3.8) is 0 Å². The minimum absolute atomic E-state index is 0.0695. The average Bonchev–Trinajstić information content (AvgIpc) is 2.48. The van der Waals surface area contributed by atoms with E-state index in [2.05, 4.69) is 14.7 Å². The number of benzene rings is 1. The quantitative estimate of drug-likeness (QED) is 0.901. The molecular weight excluding hydrogens is 307 g/mol. The first-order valence-electron chi connectivity index (χ1n) is 6.54. The number of halogens is 1. The first-order valence-corrected chi connectivity index (χ1v) is 8.03. The Labute approximate surface area is 129 Å². The van der Waals surface area contributed by atoms with Crippen molar-refractivity contribution >= 4 is 15.8 Å². The molecule has 6 nitrogen and oxygen atoms in total. The summed E-state index contributed by atoms with van der Waals surface area (Å²) in [5.74, 6) is 0.409. The monoisotopic (exact) mass is 324 g/mol. The highest BCUT2D eigenvalue weighted by molar-refractivity contribution is 7.89. The Hall–Kier alpha value is -2.06. The van der Waals surface area contributed by atoms with Crippen molar-refractivity contribution in [2.45, 2.75) is 18.4 Å². The van der Waals surface area contributed by atoms with Crippen LogP contribution >= 0.6 is 0 Å². The maximum atomic E-state index is 13.3. The standard InChI is InChI=1S/C14H17FN4O2S/c1-10-4-5-11(15)8-12(10)22(20,21)17-9-13-16-7-6-14(18-13)19(2)3/h4-8,17H,9H2,1-3H3. The molecule has 1 heterocycles. The van der Waals surface area contributed by atoms with Crippen molar-refractivity contribution in [3.8, 4) is 0 Å². The summed E-state index contributed by atoms with van der Waals surface area (Å²) < 4.78 is 40.2. The lowest BCUT2D eigenvalue weighted by Crippen LogP contribution is -2.25. The Kier molecular flexibility index (Phi) is 4.72. The number of aromatic nitrogens is 2. The van der Waals surface area contributed by atoms with Crippen LogP contribution in [-0.2, 0) is 16.6 Å². The summed E-state index contributed by atoms with van der Waals surface area (Å²) in [5, 5.41) is 0. The Morgan fingerprint density at radius 1 is 1.27 bits per heavy atom. The molecule has 0 spiro atoms. The maximum absolute atomic E-state index is 13.3. The number of nitrogens with zero attached hydrogens (tertiary/aromatic N) is 3. The van der Waals surface area contributed by atoms with E-state index in [1.807, 2.05) is 14.1 Å². The molecule has 0 aliphatic rings. The third-order valence-electron chi connectivity index (χ3n) is 3.01. The fourth-order valence-corrected chi connectivity index (χ4v) is 3.06. The van der Waals surface area contributed by atoms with Crippen LogP contribution in [0.3, 0.4) is 0 Å². The summed E-state index contributed by atoms with van der Waals surface area (Å²) in [6.07, 6.45) is 1.55. The van der Waals surface area contributed by atoms with Gasteiger partial charge in [-0.15, -0.1) is 0 Å². The van der Waals surface area contributed by atoms with Crippen LogP contribution in [0.15, 0.2) is 35.4 Å². The predicted octanol–water partition coefficient (Wildman–Crippen LogP) is 1.47. The van der Waals surface area contributed by atoms with Gasteiger partial charge in [-0.2, -0.15) is 0 Å². The lowest BCUT2D eigenvalue weighted by molar-refractivity contribution is 0.574. The molecule has 2 rings (SSSR count). The van der Waals surface area contributed by atoms with Crippen LogP contribution in [0.2, 0.25) is 0 Å². The number of rotatable bonds is 5. The van der Waals surface area contributed by atoms with Crippen LogP contribution in [0, 0.1) is 12.7 Å². The Balaban J connectivity index is 2.20. The normalized spacial score (nSPS) is 11.5. The smallest absolute Gasteiger partial charge is 0.241 e. The van der Waals surface area contributed by atoms with E-state index in [1.165, 1.54) is 12.1 Å². The number of sulfonamides is 1. The summed E-state index contributed by atoms with van der Waals surface area (Å²) >= 11 is 0. The molecule has 0 atom stereocenters. The molecule has 0 saturated carbocycles. The summed E-state index contributed by atoms with van der Waals surface area (Å²) in [6.45, 7) is 1.54. The lowest BCUT2D eigenvalue weighted by atomic mass is 10.2. The number of hydrogen-bond acceptors (Lipinski definition) is 5. The average molecular weight is 324 g/mol. The largest absolute Gasteiger partial charge is 0.363 e. The van der Waals surface area contributed by atoms with Gasteiger partial charge in [-0.05, 0) is 30.7 Å². The highest BCUT2D eigenvalue weighted by atomic mass is 32.2. The molecule has 0 fully saturated rings. The third-order valence-corrected chi connectivity index (χ3v) is 4.55. The molecule has 8 heteroatoms. The molecule has 1 aromatic carbocycles. The zero-order valence-electron chi connectivity index (χ0n) is 12.5. The number of hydrogen-bond donors (Lipinski definition) is 1. The molecular formula is C14H17FN4O2S. The topological polar surface area (TPSA) is 75.2 Å². The van der Waals surface area contributed by atoms with Crippen molar-refractivity contribution in [2.75, 3.05) is 19.0 Å². The molecule has 1 N–H and O–H groups in total. The van der Waals surface area contributed by atoms with E-state index >= 15 is 0 Å².